The fourth-order valence-corrected chi connectivity index (χ4v) is 1.29. The van der Waals surface area contributed by atoms with Crippen molar-refractivity contribution in [1.82, 2.24) is 15.1 Å². The highest BCUT2D eigenvalue weighted by atomic mass is 16.6. The molecule has 6 heteroatoms. The number of ether oxygens (including phenoxy) is 1. The molecule has 0 spiro atoms. The highest BCUT2D eigenvalue weighted by Gasteiger charge is 2.15. The van der Waals surface area contributed by atoms with E-state index in [1.165, 1.54) is 0 Å². The largest absolute Gasteiger partial charge is 0.444 e. The van der Waals surface area contributed by atoms with Crippen LogP contribution in [0.15, 0.2) is 12.4 Å². The molecule has 102 valence electrons. The quantitative estimate of drug-likeness (QED) is 0.884. The average Bonchev–Trinajstić information content (AvgIpc) is 2.63. The minimum atomic E-state index is -0.464. The van der Waals surface area contributed by atoms with Crippen molar-refractivity contribution in [3.63, 3.8) is 0 Å². The molecule has 1 N–H and O–H groups in total. The number of hydrogen-bond donors (Lipinski definition) is 1. The lowest BCUT2D eigenvalue weighted by Crippen LogP contribution is -2.34. The zero-order valence-corrected chi connectivity index (χ0v) is 11.7. The van der Waals surface area contributed by atoms with Gasteiger partial charge in [0.05, 0.1) is 18.4 Å². The van der Waals surface area contributed by atoms with E-state index in [-0.39, 0.29) is 0 Å². The summed E-state index contributed by atoms with van der Waals surface area (Å²) in [6.07, 6.45) is 3.31. The van der Waals surface area contributed by atoms with Crippen LogP contribution in [0.1, 0.15) is 20.8 Å². The number of anilines is 1. The van der Waals surface area contributed by atoms with Crippen LogP contribution in [0.2, 0.25) is 0 Å². The third-order valence-electron chi connectivity index (χ3n) is 2.15. The van der Waals surface area contributed by atoms with Crippen LogP contribution in [0.5, 0.6) is 0 Å². The van der Waals surface area contributed by atoms with Crippen molar-refractivity contribution >= 4 is 11.8 Å². The van der Waals surface area contributed by atoms with E-state index in [0.717, 1.165) is 5.69 Å². The molecular formula is C12H22N4O2. The van der Waals surface area contributed by atoms with Crippen LogP contribution in [0.3, 0.4) is 0 Å². The van der Waals surface area contributed by atoms with Gasteiger partial charge >= 0.3 is 6.09 Å². The summed E-state index contributed by atoms with van der Waals surface area (Å²) in [6.45, 7) is 6.62. The predicted octanol–water partition coefficient (Wildman–Crippen LogP) is 1.47. The van der Waals surface area contributed by atoms with Gasteiger partial charge in [-0.1, -0.05) is 0 Å². The summed E-state index contributed by atoms with van der Waals surface area (Å²) >= 11 is 0. The van der Waals surface area contributed by atoms with Gasteiger partial charge in [0.25, 0.3) is 0 Å². The van der Waals surface area contributed by atoms with E-state index in [1.54, 1.807) is 10.9 Å². The Kier molecular flexibility index (Phi) is 4.58. The highest BCUT2D eigenvalue weighted by Crippen LogP contribution is 2.08. The van der Waals surface area contributed by atoms with Gasteiger partial charge in [0.15, 0.2) is 0 Å². The van der Waals surface area contributed by atoms with Crippen LogP contribution < -0.4 is 10.2 Å². The fourth-order valence-electron chi connectivity index (χ4n) is 1.29. The van der Waals surface area contributed by atoms with Gasteiger partial charge in [0.2, 0.25) is 0 Å². The molecule has 6 nitrogen and oxygen atoms in total. The van der Waals surface area contributed by atoms with Crippen LogP contribution in [0.25, 0.3) is 0 Å². The molecule has 0 fully saturated rings. The fraction of sp³-hybridized carbons (Fsp3) is 0.667. The third-order valence-corrected chi connectivity index (χ3v) is 2.15. The van der Waals surface area contributed by atoms with Crippen LogP contribution in [0, 0.1) is 0 Å². The van der Waals surface area contributed by atoms with E-state index in [0.29, 0.717) is 13.1 Å². The van der Waals surface area contributed by atoms with Crippen molar-refractivity contribution in [1.29, 1.82) is 0 Å². The molecule has 1 aromatic heterocycles. The second kappa shape index (κ2) is 5.75. The maximum absolute atomic E-state index is 11.4. The van der Waals surface area contributed by atoms with Gasteiger partial charge in [-0.2, -0.15) is 5.10 Å². The summed E-state index contributed by atoms with van der Waals surface area (Å²) in [5.41, 5.74) is 0.570. The van der Waals surface area contributed by atoms with Gasteiger partial charge in [-0.05, 0) is 20.8 Å². The van der Waals surface area contributed by atoms with Gasteiger partial charge in [-0.3, -0.25) is 4.68 Å². The smallest absolute Gasteiger partial charge is 0.407 e. The van der Waals surface area contributed by atoms with E-state index in [9.17, 15) is 4.79 Å². The number of rotatable bonds is 4. The van der Waals surface area contributed by atoms with Crippen molar-refractivity contribution in [3.05, 3.63) is 12.4 Å². The molecule has 18 heavy (non-hydrogen) atoms. The van der Waals surface area contributed by atoms with Crippen molar-refractivity contribution < 1.29 is 9.53 Å². The first kappa shape index (κ1) is 14.3. The number of nitrogens with one attached hydrogen (secondary N) is 1. The number of alkyl carbamates (subject to hydrolysis) is 1. The first-order chi connectivity index (χ1) is 8.28. The molecule has 0 radical (unpaired) electrons. The van der Waals surface area contributed by atoms with E-state index >= 15 is 0 Å². The number of amides is 1. The molecule has 1 heterocycles. The molecule has 0 atom stereocenters. The lowest BCUT2D eigenvalue weighted by Gasteiger charge is -2.19. The summed E-state index contributed by atoms with van der Waals surface area (Å²) in [7, 11) is 3.92. The van der Waals surface area contributed by atoms with E-state index in [2.05, 4.69) is 10.4 Å². The Labute approximate surface area is 108 Å². The van der Waals surface area contributed by atoms with Gasteiger partial charge in [-0.15, -0.1) is 0 Å². The summed E-state index contributed by atoms with van der Waals surface area (Å²) < 4.78 is 6.92. The maximum atomic E-state index is 11.4. The second-order valence-corrected chi connectivity index (χ2v) is 5.28. The Morgan fingerprint density at radius 1 is 1.50 bits per heavy atom. The lowest BCUT2D eigenvalue weighted by molar-refractivity contribution is 0.0525. The van der Waals surface area contributed by atoms with Crippen LogP contribution >= 0.6 is 0 Å². The van der Waals surface area contributed by atoms with Crippen LogP contribution in [-0.2, 0) is 11.3 Å². The van der Waals surface area contributed by atoms with E-state index < -0.39 is 11.7 Å². The average molecular weight is 254 g/mol. The molecule has 0 aliphatic carbocycles. The minimum Gasteiger partial charge on any atom is -0.444 e. The molecule has 1 amide bonds. The zero-order chi connectivity index (χ0) is 13.8. The Balaban J connectivity index is 2.31. The summed E-state index contributed by atoms with van der Waals surface area (Å²) in [5, 5.41) is 6.88. The molecular weight excluding hydrogens is 232 g/mol. The highest BCUT2D eigenvalue weighted by molar-refractivity contribution is 5.67. The van der Waals surface area contributed by atoms with Crippen molar-refractivity contribution in [2.45, 2.75) is 32.9 Å². The minimum absolute atomic E-state index is 0.400. The Morgan fingerprint density at radius 3 is 2.67 bits per heavy atom. The topological polar surface area (TPSA) is 59.4 Å². The number of aromatic nitrogens is 2. The zero-order valence-electron chi connectivity index (χ0n) is 11.7. The van der Waals surface area contributed by atoms with Gasteiger partial charge in [-0.25, -0.2) is 4.79 Å². The summed E-state index contributed by atoms with van der Waals surface area (Å²) in [4.78, 5) is 13.4. The lowest BCUT2D eigenvalue weighted by atomic mass is 10.2. The first-order valence-corrected chi connectivity index (χ1v) is 5.94. The number of carbonyl (C=O) groups excluding carboxylic acids is 1. The molecule has 0 aliphatic rings. The Bertz CT molecular complexity index is 393. The Morgan fingerprint density at radius 2 is 2.17 bits per heavy atom. The van der Waals surface area contributed by atoms with Gasteiger partial charge in [0, 0.05) is 26.8 Å². The first-order valence-electron chi connectivity index (χ1n) is 5.94. The molecule has 0 unspecified atom stereocenters. The molecule has 1 rings (SSSR count). The van der Waals surface area contributed by atoms with Crippen molar-refractivity contribution in [2.75, 3.05) is 25.5 Å². The standard InChI is InChI=1S/C12H22N4O2/c1-12(2,3)18-11(17)13-6-7-16-9-10(8-14-16)15(4)5/h8-9H,6-7H2,1-5H3,(H,13,17). The molecule has 0 bridgehead atoms. The maximum Gasteiger partial charge on any atom is 0.407 e. The molecule has 1 aromatic rings. The van der Waals surface area contributed by atoms with Crippen molar-refractivity contribution in [3.8, 4) is 0 Å². The molecule has 0 saturated heterocycles. The van der Waals surface area contributed by atoms with Crippen LogP contribution in [0.4, 0.5) is 10.5 Å². The molecule has 0 aromatic carbocycles. The Hall–Kier alpha value is -1.72. The van der Waals surface area contributed by atoms with Gasteiger partial charge < -0.3 is 15.0 Å². The van der Waals surface area contributed by atoms with Gasteiger partial charge in [0.1, 0.15) is 5.60 Å². The number of nitrogens with zero attached hydrogens (tertiary/aromatic N) is 3. The predicted molar refractivity (Wildman–Crippen MR) is 70.8 cm³/mol. The normalized spacial score (nSPS) is 11.2. The second-order valence-electron chi connectivity index (χ2n) is 5.28. The van der Waals surface area contributed by atoms with Crippen molar-refractivity contribution in [2.24, 2.45) is 0 Å². The summed E-state index contributed by atoms with van der Waals surface area (Å²) in [6, 6.07) is 0. The van der Waals surface area contributed by atoms with Crippen LogP contribution in [-0.4, -0.2) is 42.1 Å². The van der Waals surface area contributed by atoms with E-state index in [4.69, 9.17) is 4.74 Å². The number of hydrogen-bond acceptors (Lipinski definition) is 4. The molecule has 0 aliphatic heterocycles. The third kappa shape index (κ3) is 5.07. The summed E-state index contributed by atoms with van der Waals surface area (Å²) in [5.74, 6) is 0. The van der Waals surface area contributed by atoms with E-state index in [1.807, 2.05) is 46.0 Å². The number of carbonyl (C=O) groups is 1. The molecule has 0 saturated carbocycles. The SMILES string of the molecule is CN(C)c1cnn(CCNC(=O)OC(C)(C)C)c1. The monoisotopic (exact) mass is 254 g/mol.